The molecular weight excluding hydrogens is 382 g/mol. The number of para-hydroxylation sites is 1. The van der Waals surface area contributed by atoms with E-state index in [0.717, 1.165) is 5.56 Å². The summed E-state index contributed by atoms with van der Waals surface area (Å²) >= 11 is 0. The van der Waals surface area contributed by atoms with Crippen LogP contribution in [0.25, 0.3) is 0 Å². The quantitative estimate of drug-likeness (QED) is 0.658. The molecule has 1 saturated heterocycles. The van der Waals surface area contributed by atoms with Crippen molar-refractivity contribution in [1.82, 2.24) is 4.31 Å². The summed E-state index contributed by atoms with van der Waals surface area (Å²) in [7, 11) is -3.67. The van der Waals surface area contributed by atoms with Gasteiger partial charge in [-0.2, -0.15) is 4.31 Å². The maximum atomic E-state index is 12.8. The number of hydrogen-bond acceptors (Lipinski definition) is 6. The third kappa shape index (κ3) is 4.70. The Morgan fingerprint density at radius 1 is 1.11 bits per heavy atom. The van der Waals surface area contributed by atoms with Gasteiger partial charge >= 0.3 is 5.97 Å². The van der Waals surface area contributed by atoms with Crippen LogP contribution in [0.3, 0.4) is 0 Å². The molecule has 0 spiro atoms. The summed E-state index contributed by atoms with van der Waals surface area (Å²) in [5.74, 6) is 0.0618. The second-order valence-electron chi connectivity index (χ2n) is 6.16. The highest BCUT2D eigenvalue weighted by molar-refractivity contribution is 7.89. The van der Waals surface area contributed by atoms with Gasteiger partial charge in [0.1, 0.15) is 12.4 Å². The van der Waals surface area contributed by atoms with E-state index in [1.165, 1.54) is 28.6 Å². The van der Waals surface area contributed by atoms with E-state index < -0.39 is 16.0 Å². The zero-order valence-corrected chi connectivity index (χ0v) is 16.5. The zero-order chi connectivity index (χ0) is 20.0. The standard InChI is InChI=1S/C20H23NO6S/c1-2-26-19-9-4-3-6-17(19)15-27-20(22)16-7-5-8-18(14-16)28(23,24)21-10-12-25-13-11-21/h3-9,14H,2,10-13,15H2,1H3. The van der Waals surface area contributed by atoms with Crippen LogP contribution in [0.2, 0.25) is 0 Å². The van der Waals surface area contributed by atoms with Crippen molar-refractivity contribution in [3.8, 4) is 5.75 Å². The number of rotatable bonds is 7. The summed E-state index contributed by atoms with van der Waals surface area (Å²) in [6.45, 7) is 3.74. The number of morpholine rings is 1. The molecule has 1 aliphatic rings. The van der Waals surface area contributed by atoms with Crippen LogP contribution in [-0.4, -0.2) is 51.6 Å². The minimum absolute atomic E-state index is 0.0372. The van der Waals surface area contributed by atoms with Crippen molar-refractivity contribution in [2.24, 2.45) is 0 Å². The predicted molar refractivity (Wildman–Crippen MR) is 103 cm³/mol. The van der Waals surface area contributed by atoms with Gasteiger partial charge in [-0.25, -0.2) is 13.2 Å². The van der Waals surface area contributed by atoms with Gasteiger partial charge in [0.2, 0.25) is 10.0 Å². The highest BCUT2D eigenvalue weighted by Gasteiger charge is 2.27. The lowest BCUT2D eigenvalue weighted by Crippen LogP contribution is -2.40. The molecule has 150 valence electrons. The summed E-state index contributed by atoms with van der Waals surface area (Å²) in [5.41, 5.74) is 0.929. The van der Waals surface area contributed by atoms with Crippen molar-refractivity contribution in [2.45, 2.75) is 18.4 Å². The molecule has 8 heteroatoms. The molecular formula is C20H23NO6S. The van der Waals surface area contributed by atoms with Gasteiger partial charge in [0.15, 0.2) is 0 Å². The molecule has 0 radical (unpaired) electrons. The Kier molecular flexibility index (Phi) is 6.66. The van der Waals surface area contributed by atoms with Crippen molar-refractivity contribution < 1.29 is 27.4 Å². The molecule has 0 aliphatic carbocycles. The van der Waals surface area contributed by atoms with Crippen LogP contribution in [-0.2, 0) is 26.1 Å². The number of esters is 1. The van der Waals surface area contributed by atoms with E-state index >= 15 is 0 Å². The molecule has 0 N–H and O–H groups in total. The highest BCUT2D eigenvalue weighted by atomic mass is 32.2. The van der Waals surface area contributed by atoms with Crippen molar-refractivity contribution in [3.63, 3.8) is 0 Å². The van der Waals surface area contributed by atoms with Gasteiger partial charge in [-0.15, -0.1) is 0 Å². The number of carbonyl (C=O) groups is 1. The molecule has 2 aromatic carbocycles. The van der Waals surface area contributed by atoms with Gasteiger partial charge in [0, 0.05) is 18.7 Å². The van der Waals surface area contributed by atoms with Gasteiger partial charge in [0.05, 0.1) is 30.3 Å². The number of carbonyl (C=O) groups excluding carboxylic acids is 1. The number of benzene rings is 2. The molecule has 7 nitrogen and oxygen atoms in total. The largest absolute Gasteiger partial charge is 0.493 e. The maximum absolute atomic E-state index is 12.8. The van der Waals surface area contributed by atoms with E-state index in [2.05, 4.69) is 0 Å². The molecule has 0 saturated carbocycles. The Morgan fingerprint density at radius 2 is 1.86 bits per heavy atom. The number of hydrogen-bond donors (Lipinski definition) is 0. The average molecular weight is 405 g/mol. The van der Waals surface area contributed by atoms with Crippen molar-refractivity contribution in [2.75, 3.05) is 32.9 Å². The molecule has 1 fully saturated rings. The van der Waals surface area contributed by atoms with Gasteiger partial charge in [-0.1, -0.05) is 24.3 Å². The minimum atomic E-state index is -3.67. The van der Waals surface area contributed by atoms with Crippen LogP contribution in [0.1, 0.15) is 22.8 Å². The monoisotopic (exact) mass is 405 g/mol. The van der Waals surface area contributed by atoms with E-state index in [4.69, 9.17) is 14.2 Å². The molecule has 1 heterocycles. The second kappa shape index (κ2) is 9.18. The lowest BCUT2D eigenvalue weighted by atomic mass is 10.2. The lowest BCUT2D eigenvalue weighted by molar-refractivity contribution is 0.0469. The van der Waals surface area contributed by atoms with Crippen LogP contribution < -0.4 is 4.74 Å². The second-order valence-corrected chi connectivity index (χ2v) is 8.10. The maximum Gasteiger partial charge on any atom is 0.338 e. The predicted octanol–water partition coefficient (Wildman–Crippen LogP) is 2.46. The van der Waals surface area contributed by atoms with Gasteiger partial charge in [-0.05, 0) is 31.2 Å². The summed E-state index contributed by atoms with van der Waals surface area (Å²) in [6.07, 6.45) is 0. The first kappa shape index (κ1) is 20.3. The molecule has 0 bridgehead atoms. The third-order valence-electron chi connectivity index (χ3n) is 4.31. The number of ether oxygens (including phenoxy) is 3. The van der Waals surface area contributed by atoms with E-state index in [9.17, 15) is 13.2 Å². The molecule has 0 unspecified atom stereocenters. The van der Waals surface area contributed by atoms with Crippen molar-refractivity contribution >= 4 is 16.0 Å². The van der Waals surface area contributed by atoms with Crippen LogP contribution in [0.4, 0.5) is 0 Å². The van der Waals surface area contributed by atoms with Crippen molar-refractivity contribution in [3.05, 3.63) is 59.7 Å². The molecule has 1 aliphatic heterocycles. The van der Waals surface area contributed by atoms with Crippen LogP contribution in [0, 0.1) is 0 Å². The van der Waals surface area contributed by atoms with Gasteiger partial charge in [-0.3, -0.25) is 0 Å². The van der Waals surface area contributed by atoms with Gasteiger partial charge < -0.3 is 14.2 Å². The smallest absolute Gasteiger partial charge is 0.338 e. The van der Waals surface area contributed by atoms with E-state index in [1.54, 1.807) is 0 Å². The molecule has 0 amide bonds. The fourth-order valence-corrected chi connectivity index (χ4v) is 4.32. The Balaban J connectivity index is 1.72. The SMILES string of the molecule is CCOc1ccccc1COC(=O)c1cccc(S(=O)(=O)N2CCOCC2)c1. The molecule has 0 atom stereocenters. The minimum Gasteiger partial charge on any atom is -0.493 e. The first-order valence-electron chi connectivity index (χ1n) is 9.08. The fraction of sp³-hybridized carbons (Fsp3) is 0.350. The zero-order valence-electron chi connectivity index (χ0n) is 15.7. The Bertz CT molecular complexity index is 922. The van der Waals surface area contributed by atoms with Gasteiger partial charge in [0.25, 0.3) is 0 Å². The fourth-order valence-electron chi connectivity index (χ4n) is 2.87. The van der Waals surface area contributed by atoms with E-state index in [0.29, 0.717) is 38.7 Å². The number of sulfonamides is 1. The molecule has 2 aromatic rings. The Hall–Kier alpha value is -2.42. The van der Waals surface area contributed by atoms with Crippen LogP contribution >= 0.6 is 0 Å². The first-order chi connectivity index (χ1) is 13.5. The summed E-state index contributed by atoms with van der Waals surface area (Å²) in [6, 6.07) is 13.2. The third-order valence-corrected chi connectivity index (χ3v) is 6.20. The first-order valence-corrected chi connectivity index (χ1v) is 10.5. The number of nitrogens with zero attached hydrogens (tertiary/aromatic N) is 1. The lowest BCUT2D eigenvalue weighted by Gasteiger charge is -2.26. The topological polar surface area (TPSA) is 82.1 Å². The molecule has 28 heavy (non-hydrogen) atoms. The normalized spacial score (nSPS) is 15.2. The Morgan fingerprint density at radius 3 is 2.61 bits per heavy atom. The van der Waals surface area contributed by atoms with Crippen LogP contribution in [0.15, 0.2) is 53.4 Å². The van der Waals surface area contributed by atoms with Crippen LogP contribution in [0.5, 0.6) is 5.75 Å². The van der Waals surface area contributed by atoms with Crippen molar-refractivity contribution in [1.29, 1.82) is 0 Å². The van der Waals surface area contributed by atoms with E-state index in [1.807, 2.05) is 31.2 Å². The summed E-state index contributed by atoms with van der Waals surface area (Å²) in [4.78, 5) is 12.5. The average Bonchev–Trinajstić information content (AvgIpc) is 2.74. The Labute approximate surface area is 164 Å². The highest BCUT2D eigenvalue weighted by Crippen LogP contribution is 2.21. The molecule has 3 rings (SSSR count). The summed E-state index contributed by atoms with van der Waals surface area (Å²) < 4.78 is 43.0. The molecule has 0 aromatic heterocycles. The summed E-state index contributed by atoms with van der Waals surface area (Å²) in [5, 5.41) is 0. The van der Waals surface area contributed by atoms with E-state index in [-0.39, 0.29) is 17.1 Å².